The van der Waals surface area contributed by atoms with Crippen molar-refractivity contribution in [3.63, 3.8) is 0 Å². The number of nitrogens with one attached hydrogen (secondary N) is 1. The fourth-order valence-corrected chi connectivity index (χ4v) is 4.54. The molecular formula is C13H9FN4O9S3. The van der Waals surface area contributed by atoms with Crippen LogP contribution in [0.4, 0.5) is 16.0 Å². The third-order valence-electron chi connectivity index (χ3n) is 3.62. The molecule has 0 radical (unpaired) electrons. The van der Waals surface area contributed by atoms with Crippen LogP contribution in [0.3, 0.4) is 0 Å². The Hall–Kier alpha value is -2.83. The first-order valence-electron chi connectivity index (χ1n) is 7.32. The third-order valence-corrected chi connectivity index (χ3v) is 6.24. The second-order valence-electron chi connectivity index (χ2n) is 5.62. The summed E-state index contributed by atoms with van der Waals surface area (Å²) >= 11 is 0. The van der Waals surface area contributed by atoms with Gasteiger partial charge in [0.05, 0.1) is 4.90 Å². The van der Waals surface area contributed by atoms with E-state index in [1.807, 2.05) is 0 Å². The molecule has 0 spiro atoms. The minimum absolute atomic E-state index is 0.287. The van der Waals surface area contributed by atoms with Crippen molar-refractivity contribution in [3.05, 3.63) is 36.7 Å². The molecule has 0 saturated heterocycles. The zero-order valence-corrected chi connectivity index (χ0v) is 16.6. The van der Waals surface area contributed by atoms with Crippen molar-refractivity contribution in [1.82, 2.24) is 15.0 Å². The van der Waals surface area contributed by atoms with Gasteiger partial charge >= 0.3 is 6.08 Å². The summed E-state index contributed by atoms with van der Waals surface area (Å²) in [5.41, 5.74) is -0.287. The summed E-state index contributed by atoms with van der Waals surface area (Å²) in [6.07, 6.45) is -0.420. The highest BCUT2D eigenvalue weighted by Crippen LogP contribution is 2.35. The average Bonchev–Trinajstić information content (AvgIpc) is 2.57. The average molecular weight is 480 g/mol. The van der Waals surface area contributed by atoms with Crippen molar-refractivity contribution in [2.24, 2.45) is 0 Å². The largest absolute Gasteiger partial charge is 0.324 e. The Balaban J connectivity index is 2.44. The van der Waals surface area contributed by atoms with E-state index in [1.54, 1.807) is 0 Å². The Morgan fingerprint density at radius 3 is 1.87 bits per heavy atom. The minimum Gasteiger partial charge on any atom is -0.324 e. The van der Waals surface area contributed by atoms with Crippen molar-refractivity contribution in [3.8, 4) is 0 Å². The SMILES string of the molecule is O=S(=O)(O)c1cc(S(=O)(=O)O)c2cc(Nc3ncnc(F)n3)cc(S(=O)(=O)O)c2c1. The maximum Gasteiger partial charge on any atom is 0.313 e. The van der Waals surface area contributed by atoms with Gasteiger partial charge in [-0.05, 0) is 24.3 Å². The summed E-state index contributed by atoms with van der Waals surface area (Å²) in [4.78, 5) is 6.78. The second kappa shape index (κ2) is 7.15. The first-order valence-corrected chi connectivity index (χ1v) is 11.6. The Bertz CT molecular complexity index is 1510. The summed E-state index contributed by atoms with van der Waals surface area (Å²) in [5, 5.41) is 1.13. The van der Waals surface area contributed by atoms with Crippen LogP contribution in [0.5, 0.6) is 0 Å². The number of fused-ring (bicyclic) bond motifs is 1. The van der Waals surface area contributed by atoms with Crippen LogP contribution < -0.4 is 5.32 Å². The molecule has 0 unspecified atom stereocenters. The third kappa shape index (κ3) is 4.50. The Morgan fingerprint density at radius 1 is 0.767 bits per heavy atom. The molecule has 30 heavy (non-hydrogen) atoms. The fourth-order valence-electron chi connectivity index (χ4n) is 2.48. The summed E-state index contributed by atoms with van der Waals surface area (Å²) in [5.74, 6) is -0.425. The number of hydrogen-bond acceptors (Lipinski definition) is 10. The summed E-state index contributed by atoms with van der Waals surface area (Å²) in [7, 11) is -15.3. The number of aromatic nitrogens is 3. The van der Waals surface area contributed by atoms with Crippen LogP contribution in [-0.4, -0.2) is 53.9 Å². The highest BCUT2D eigenvalue weighted by atomic mass is 32.2. The molecule has 160 valence electrons. The predicted molar refractivity (Wildman–Crippen MR) is 96.5 cm³/mol. The van der Waals surface area contributed by atoms with Gasteiger partial charge in [-0.1, -0.05) is 0 Å². The lowest BCUT2D eigenvalue weighted by atomic mass is 10.1. The van der Waals surface area contributed by atoms with Crippen LogP contribution in [-0.2, 0) is 30.4 Å². The first kappa shape index (κ1) is 21.9. The van der Waals surface area contributed by atoms with E-state index in [2.05, 4.69) is 20.3 Å². The van der Waals surface area contributed by atoms with Crippen LogP contribution >= 0.6 is 0 Å². The zero-order chi connectivity index (χ0) is 22.5. The lowest BCUT2D eigenvalue weighted by Crippen LogP contribution is -2.08. The zero-order valence-electron chi connectivity index (χ0n) is 14.1. The molecule has 0 fully saturated rings. The molecule has 0 atom stereocenters. The van der Waals surface area contributed by atoms with Crippen LogP contribution in [0, 0.1) is 6.08 Å². The van der Waals surface area contributed by atoms with E-state index in [4.69, 9.17) is 0 Å². The highest BCUT2D eigenvalue weighted by Gasteiger charge is 2.25. The van der Waals surface area contributed by atoms with Crippen molar-refractivity contribution in [2.75, 3.05) is 5.32 Å². The smallest absolute Gasteiger partial charge is 0.313 e. The fraction of sp³-hybridized carbons (Fsp3) is 0. The number of hydrogen-bond donors (Lipinski definition) is 4. The van der Waals surface area contributed by atoms with Crippen molar-refractivity contribution in [1.29, 1.82) is 0 Å². The van der Waals surface area contributed by atoms with Gasteiger partial charge in [0.15, 0.2) is 0 Å². The second-order valence-corrected chi connectivity index (χ2v) is 9.82. The number of rotatable bonds is 5. The van der Waals surface area contributed by atoms with Crippen molar-refractivity contribution >= 4 is 52.8 Å². The van der Waals surface area contributed by atoms with Crippen molar-refractivity contribution < 1.29 is 43.3 Å². The molecule has 1 heterocycles. The summed E-state index contributed by atoms with van der Waals surface area (Å²) in [6, 6.07) is 2.63. The molecule has 1 aromatic heterocycles. The molecule has 0 bridgehead atoms. The van der Waals surface area contributed by atoms with Crippen LogP contribution in [0.2, 0.25) is 0 Å². The number of nitrogens with zero attached hydrogens (tertiary/aromatic N) is 3. The molecular weight excluding hydrogens is 471 g/mol. The molecule has 0 aliphatic carbocycles. The quantitative estimate of drug-likeness (QED) is 0.369. The monoisotopic (exact) mass is 480 g/mol. The topological polar surface area (TPSA) is 214 Å². The van der Waals surface area contributed by atoms with Crippen LogP contribution in [0.15, 0.2) is 45.3 Å². The molecule has 3 rings (SSSR count). The Labute approximate surface area is 167 Å². The first-order chi connectivity index (χ1) is 13.7. The molecule has 0 aliphatic rings. The van der Waals surface area contributed by atoms with Gasteiger partial charge in [-0.25, -0.2) is 4.98 Å². The van der Waals surface area contributed by atoms with Gasteiger partial charge in [0.1, 0.15) is 16.1 Å². The molecule has 17 heteroatoms. The van der Waals surface area contributed by atoms with Gasteiger partial charge in [-0.15, -0.1) is 0 Å². The van der Waals surface area contributed by atoms with E-state index in [-0.39, 0.29) is 5.69 Å². The van der Waals surface area contributed by atoms with E-state index in [0.29, 0.717) is 12.1 Å². The maximum atomic E-state index is 13.1. The van der Waals surface area contributed by atoms with Gasteiger partial charge in [0.2, 0.25) is 5.95 Å². The minimum atomic E-state index is -5.15. The predicted octanol–water partition coefficient (Wildman–Crippen LogP) is 0.648. The van der Waals surface area contributed by atoms with Crippen LogP contribution in [0.25, 0.3) is 10.8 Å². The Kier molecular flexibility index (Phi) is 5.21. The number of anilines is 2. The molecule has 0 aliphatic heterocycles. The van der Waals surface area contributed by atoms with E-state index in [0.717, 1.165) is 18.5 Å². The van der Waals surface area contributed by atoms with Crippen molar-refractivity contribution in [2.45, 2.75) is 14.7 Å². The molecule has 0 saturated carbocycles. The van der Waals surface area contributed by atoms with Gasteiger partial charge in [-0.3, -0.25) is 13.7 Å². The van der Waals surface area contributed by atoms with Gasteiger partial charge < -0.3 is 5.32 Å². The normalized spacial score (nSPS) is 12.8. The summed E-state index contributed by atoms with van der Waals surface area (Å²) in [6.45, 7) is 0. The van der Waals surface area contributed by atoms with Gasteiger partial charge in [0, 0.05) is 16.5 Å². The lowest BCUT2D eigenvalue weighted by molar-refractivity contribution is 0.478. The standard InChI is InChI=1S/C13H9FN4O9S3/c14-12-15-5-16-13(18-12)17-6-1-8-9(10(2-6)29(22,23)24)3-7(28(19,20)21)4-11(8)30(25,26)27/h1-5H,(H,19,20,21)(H,22,23,24)(H,25,26,27)(H,15,16,17,18). The van der Waals surface area contributed by atoms with Gasteiger partial charge in [-0.2, -0.15) is 39.6 Å². The Morgan fingerprint density at radius 2 is 1.33 bits per heavy atom. The highest BCUT2D eigenvalue weighted by molar-refractivity contribution is 7.87. The maximum absolute atomic E-state index is 13.1. The molecule has 0 amide bonds. The summed E-state index contributed by atoms with van der Waals surface area (Å²) < 4.78 is 111. The van der Waals surface area contributed by atoms with Crippen LogP contribution in [0.1, 0.15) is 0 Å². The number of benzene rings is 2. The number of halogens is 1. The molecule has 3 aromatic rings. The molecule has 2 aromatic carbocycles. The van der Waals surface area contributed by atoms with E-state index in [9.17, 15) is 43.3 Å². The molecule has 13 nitrogen and oxygen atoms in total. The van der Waals surface area contributed by atoms with E-state index >= 15 is 0 Å². The lowest BCUT2D eigenvalue weighted by Gasteiger charge is -2.13. The van der Waals surface area contributed by atoms with Gasteiger partial charge in [0.25, 0.3) is 30.4 Å². The van der Waals surface area contributed by atoms with E-state index < -0.39 is 67.8 Å². The van der Waals surface area contributed by atoms with E-state index in [1.165, 1.54) is 0 Å². The molecule has 4 N–H and O–H groups in total.